The lowest BCUT2D eigenvalue weighted by Crippen LogP contribution is -2.29. The van der Waals surface area contributed by atoms with Gasteiger partial charge in [0, 0.05) is 34.8 Å². The van der Waals surface area contributed by atoms with E-state index in [0.717, 1.165) is 28.7 Å². The summed E-state index contributed by atoms with van der Waals surface area (Å²) < 4.78 is 6.25. The first kappa shape index (κ1) is 15.5. The van der Waals surface area contributed by atoms with Crippen molar-refractivity contribution in [2.45, 2.75) is 26.9 Å². The van der Waals surface area contributed by atoms with Crippen molar-refractivity contribution >= 4 is 21.6 Å². The van der Waals surface area contributed by atoms with Crippen molar-refractivity contribution in [1.29, 1.82) is 0 Å². The standard InChI is InChI=1S/C14H22BrNO2/c1-4-14(2,10-17)9-16-13-7-5-6-12(15)11(13)8-18-3/h5-7,16-17H,4,8-10H2,1-3H3. The van der Waals surface area contributed by atoms with Gasteiger partial charge >= 0.3 is 0 Å². The van der Waals surface area contributed by atoms with Crippen LogP contribution in [-0.2, 0) is 11.3 Å². The molecule has 1 rings (SSSR count). The molecular formula is C14H22BrNO2. The minimum absolute atomic E-state index is 0.0906. The second kappa shape index (κ2) is 7.12. The van der Waals surface area contributed by atoms with Gasteiger partial charge in [0.2, 0.25) is 0 Å². The molecule has 0 amide bonds. The maximum Gasteiger partial charge on any atom is 0.0744 e. The van der Waals surface area contributed by atoms with Gasteiger partial charge in [-0.2, -0.15) is 0 Å². The predicted octanol–water partition coefficient (Wildman–Crippen LogP) is 3.42. The fraction of sp³-hybridized carbons (Fsp3) is 0.571. The van der Waals surface area contributed by atoms with E-state index in [1.165, 1.54) is 0 Å². The molecule has 0 aliphatic heterocycles. The summed E-state index contributed by atoms with van der Waals surface area (Å²) >= 11 is 3.53. The van der Waals surface area contributed by atoms with E-state index >= 15 is 0 Å². The van der Waals surface area contributed by atoms with Gasteiger partial charge in [-0.3, -0.25) is 0 Å². The molecule has 1 aromatic carbocycles. The average Bonchev–Trinajstić information content (AvgIpc) is 2.39. The van der Waals surface area contributed by atoms with Gasteiger partial charge in [-0.1, -0.05) is 35.8 Å². The van der Waals surface area contributed by atoms with Gasteiger partial charge in [0.05, 0.1) is 13.2 Å². The number of nitrogens with one attached hydrogen (secondary N) is 1. The molecular weight excluding hydrogens is 294 g/mol. The number of aliphatic hydroxyl groups is 1. The molecule has 0 aliphatic rings. The first-order chi connectivity index (χ1) is 8.56. The van der Waals surface area contributed by atoms with Gasteiger partial charge in [-0.05, 0) is 18.6 Å². The topological polar surface area (TPSA) is 41.5 Å². The van der Waals surface area contributed by atoms with E-state index in [4.69, 9.17) is 4.74 Å². The molecule has 18 heavy (non-hydrogen) atoms. The number of benzene rings is 1. The van der Waals surface area contributed by atoms with Crippen LogP contribution in [0.2, 0.25) is 0 Å². The van der Waals surface area contributed by atoms with Crippen LogP contribution in [0.15, 0.2) is 22.7 Å². The molecule has 0 fully saturated rings. The van der Waals surface area contributed by atoms with E-state index in [-0.39, 0.29) is 12.0 Å². The Morgan fingerprint density at radius 1 is 1.44 bits per heavy atom. The van der Waals surface area contributed by atoms with Crippen LogP contribution < -0.4 is 5.32 Å². The first-order valence-corrected chi connectivity index (χ1v) is 6.96. The highest BCUT2D eigenvalue weighted by molar-refractivity contribution is 9.10. The highest BCUT2D eigenvalue weighted by Crippen LogP contribution is 2.27. The van der Waals surface area contributed by atoms with Crippen LogP contribution in [0, 0.1) is 5.41 Å². The zero-order valence-electron chi connectivity index (χ0n) is 11.3. The van der Waals surface area contributed by atoms with Gasteiger partial charge in [-0.15, -0.1) is 0 Å². The molecule has 0 saturated carbocycles. The van der Waals surface area contributed by atoms with Crippen molar-refractivity contribution in [2.24, 2.45) is 5.41 Å². The zero-order valence-corrected chi connectivity index (χ0v) is 12.9. The van der Waals surface area contributed by atoms with E-state index in [9.17, 15) is 5.11 Å². The Bertz CT molecular complexity index is 378. The van der Waals surface area contributed by atoms with E-state index in [0.29, 0.717) is 6.61 Å². The number of aliphatic hydroxyl groups excluding tert-OH is 1. The summed E-state index contributed by atoms with van der Waals surface area (Å²) in [5.74, 6) is 0. The monoisotopic (exact) mass is 315 g/mol. The van der Waals surface area contributed by atoms with Crippen LogP contribution in [0.3, 0.4) is 0 Å². The van der Waals surface area contributed by atoms with Gasteiger partial charge in [0.25, 0.3) is 0 Å². The maximum absolute atomic E-state index is 9.42. The molecule has 1 atom stereocenters. The smallest absolute Gasteiger partial charge is 0.0744 e. The molecule has 0 bridgehead atoms. The van der Waals surface area contributed by atoms with Crippen molar-refractivity contribution in [3.05, 3.63) is 28.2 Å². The quantitative estimate of drug-likeness (QED) is 0.810. The second-order valence-corrected chi connectivity index (χ2v) is 5.73. The molecule has 0 radical (unpaired) electrons. The maximum atomic E-state index is 9.42. The number of rotatable bonds is 7. The highest BCUT2D eigenvalue weighted by Gasteiger charge is 2.21. The summed E-state index contributed by atoms with van der Waals surface area (Å²) in [6.07, 6.45) is 0.935. The lowest BCUT2D eigenvalue weighted by Gasteiger charge is -2.27. The van der Waals surface area contributed by atoms with E-state index in [1.807, 2.05) is 18.2 Å². The van der Waals surface area contributed by atoms with Gasteiger partial charge < -0.3 is 15.2 Å². The van der Waals surface area contributed by atoms with Crippen LogP contribution >= 0.6 is 15.9 Å². The normalized spacial score (nSPS) is 14.3. The molecule has 0 aromatic heterocycles. The van der Waals surface area contributed by atoms with Gasteiger partial charge in [0.15, 0.2) is 0 Å². The van der Waals surface area contributed by atoms with Crippen molar-refractivity contribution in [3.8, 4) is 0 Å². The summed E-state index contributed by atoms with van der Waals surface area (Å²) in [6, 6.07) is 6.03. The SMILES string of the molecule is CCC(C)(CO)CNc1cccc(Br)c1COC. The number of ether oxygens (including phenoxy) is 1. The van der Waals surface area contributed by atoms with Crippen molar-refractivity contribution < 1.29 is 9.84 Å². The molecule has 0 heterocycles. The van der Waals surface area contributed by atoms with Crippen molar-refractivity contribution in [1.82, 2.24) is 0 Å². The van der Waals surface area contributed by atoms with E-state index in [1.54, 1.807) is 7.11 Å². The zero-order chi connectivity index (χ0) is 13.6. The Labute approximate surface area is 118 Å². The fourth-order valence-electron chi connectivity index (χ4n) is 1.62. The summed E-state index contributed by atoms with van der Waals surface area (Å²) in [4.78, 5) is 0. The summed E-state index contributed by atoms with van der Waals surface area (Å²) in [5.41, 5.74) is 2.07. The largest absolute Gasteiger partial charge is 0.396 e. The number of methoxy groups -OCH3 is 1. The van der Waals surface area contributed by atoms with Gasteiger partial charge in [0.1, 0.15) is 0 Å². The number of halogens is 1. The molecule has 1 aromatic rings. The third kappa shape index (κ3) is 3.97. The highest BCUT2D eigenvalue weighted by atomic mass is 79.9. The van der Waals surface area contributed by atoms with E-state index in [2.05, 4.69) is 35.1 Å². The Balaban J connectivity index is 2.81. The van der Waals surface area contributed by atoms with E-state index < -0.39 is 0 Å². The van der Waals surface area contributed by atoms with Crippen LogP contribution in [0.25, 0.3) is 0 Å². The first-order valence-electron chi connectivity index (χ1n) is 6.17. The molecule has 2 N–H and O–H groups in total. The van der Waals surface area contributed by atoms with Crippen molar-refractivity contribution in [3.63, 3.8) is 0 Å². The molecule has 0 spiro atoms. The minimum atomic E-state index is -0.0906. The molecule has 3 nitrogen and oxygen atoms in total. The number of anilines is 1. The molecule has 0 saturated heterocycles. The second-order valence-electron chi connectivity index (χ2n) is 4.87. The number of hydrogen-bond donors (Lipinski definition) is 2. The average molecular weight is 316 g/mol. The third-order valence-corrected chi connectivity index (χ3v) is 4.09. The summed E-state index contributed by atoms with van der Waals surface area (Å²) in [7, 11) is 1.69. The minimum Gasteiger partial charge on any atom is -0.396 e. The van der Waals surface area contributed by atoms with Crippen LogP contribution in [-0.4, -0.2) is 25.4 Å². The summed E-state index contributed by atoms with van der Waals surface area (Å²) in [5, 5.41) is 12.8. The van der Waals surface area contributed by atoms with Crippen LogP contribution in [0.5, 0.6) is 0 Å². The Morgan fingerprint density at radius 3 is 2.72 bits per heavy atom. The molecule has 4 heteroatoms. The third-order valence-electron chi connectivity index (χ3n) is 3.35. The van der Waals surface area contributed by atoms with Crippen molar-refractivity contribution in [2.75, 3.05) is 25.6 Å². The Kier molecular flexibility index (Phi) is 6.12. The van der Waals surface area contributed by atoms with Gasteiger partial charge in [-0.25, -0.2) is 0 Å². The Hall–Kier alpha value is -0.580. The predicted molar refractivity (Wildman–Crippen MR) is 78.8 cm³/mol. The molecule has 0 aliphatic carbocycles. The molecule has 1 unspecified atom stereocenters. The fourth-order valence-corrected chi connectivity index (χ4v) is 2.10. The lowest BCUT2D eigenvalue weighted by atomic mass is 9.88. The molecule has 102 valence electrons. The lowest BCUT2D eigenvalue weighted by molar-refractivity contribution is 0.149. The van der Waals surface area contributed by atoms with Crippen LogP contribution in [0.1, 0.15) is 25.8 Å². The van der Waals surface area contributed by atoms with Crippen LogP contribution in [0.4, 0.5) is 5.69 Å². The number of hydrogen-bond acceptors (Lipinski definition) is 3. The Morgan fingerprint density at radius 2 is 2.17 bits per heavy atom. The summed E-state index contributed by atoms with van der Waals surface area (Å²) in [6.45, 7) is 5.66.